The van der Waals surface area contributed by atoms with Crippen LogP contribution in [0.5, 0.6) is 0 Å². The maximum Gasteiger partial charge on any atom is 0.256 e. The highest BCUT2D eigenvalue weighted by molar-refractivity contribution is 6.10. The molecular weight excluding hydrogens is 588 g/mol. The van der Waals surface area contributed by atoms with E-state index in [2.05, 4.69) is 19.9 Å². The van der Waals surface area contributed by atoms with E-state index >= 15 is 0 Å². The second-order valence-corrected chi connectivity index (χ2v) is 10.6. The SMILES string of the molecule is Cl.[2H]c1nc(CN2CCc3c(c4ccccc4n3C([2H])([2H])[2H])C2=O)c(C([2H])([2H])[2H])[nH]1.[2H]c1nc(CN2CCc3c(c4ccccc4n3C([2H])([2H])[2H])C2=O)c(C([2H])([2H])[2H])[nH]1. The second kappa shape index (κ2) is 11.9. The molecule has 0 atom stereocenters. The Morgan fingerprint density at radius 1 is 0.733 bits per heavy atom. The molecule has 2 aromatic carbocycles. The van der Waals surface area contributed by atoms with Gasteiger partial charge in [-0.25, -0.2) is 9.97 Å². The zero-order valence-electron chi connectivity index (χ0n) is 37.8. The lowest BCUT2D eigenvalue weighted by Gasteiger charge is -2.27. The molecule has 0 unspecified atom stereocenters. The number of para-hydroxylation sites is 2. The number of H-pyrrole nitrogens is 2. The van der Waals surface area contributed by atoms with Gasteiger partial charge in [0.15, 0.2) is 0 Å². The number of nitrogens with one attached hydrogen (secondary N) is 2. The zero-order chi connectivity index (χ0) is 42.3. The van der Waals surface area contributed by atoms with Crippen molar-refractivity contribution < 1.29 is 28.8 Å². The molecule has 0 fully saturated rings. The molecule has 0 bridgehead atoms. The third-order valence-electron chi connectivity index (χ3n) is 8.19. The molecule has 6 aromatic rings. The van der Waals surface area contributed by atoms with E-state index in [1.54, 1.807) is 48.5 Å². The fraction of sp³-hybridized carbons (Fsp3) is 0.294. The van der Waals surface area contributed by atoms with Gasteiger partial charge in [0.2, 0.25) is 0 Å². The van der Waals surface area contributed by atoms with Gasteiger partial charge in [-0.05, 0) is 25.8 Å². The van der Waals surface area contributed by atoms with Crippen molar-refractivity contribution in [1.82, 2.24) is 38.9 Å². The Morgan fingerprint density at radius 3 is 1.60 bits per heavy atom. The third-order valence-corrected chi connectivity index (χ3v) is 8.19. The van der Waals surface area contributed by atoms with Crippen LogP contribution in [0.1, 0.15) is 74.1 Å². The molecule has 0 saturated heterocycles. The summed E-state index contributed by atoms with van der Waals surface area (Å²) >= 11 is 0. The van der Waals surface area contributed by atoms with Crippen LogP contribution >= 0.6 is 12.4 Å². The summed E-state index contributed by atoms with van der Waals surface area (Å²) in [6, 6.07) is 13.7. The first-order valence-electron chi connectivity index (χ1n) is 20.9. The van der Waals surface area contributed by atoms with Gasteiger partial charge in [-0.15, -0.1) is 12.4 Å². The molecule has 6 heterocycles. The van der Waals surface area contributed by atoms with E-state index in [1.807, 2.05) is 0 Å². The number of hydrogen-bond donors (Lipinski definition) is 2. The van der Waals surface area contributed by atoms with Crippen LogP contribution in [0.25, 0.3) is 21.8 Å². The lowest BCUT2D eigenvalue weighted by molar-refractivity contribution is 0.0718. The molecule has 2 aliphatic heterocycles. The molecule has 8 rings (SSSR count). The number of halogens is 1. The fourth-order valence-electron chi connectivity index (χ4n) is 5.99. The van der Waals surface area contributed by atoms with E-state index in [4.69, 9.17) is 19.2 Å². The number of benzene rings is 2. The van der Waals surface area contributed by atoms with Gasteiger partial charge in [0.25, 0.3) is 11.8 Å². The summed E-state index contributed by atoms with van der Waals surface area (Å²) in [6.45, 7) is -9.52. The maximum atomic E-state index is 13.2. The molecule has 0 aliphatic carbocycles. The van der Waals surface area contributed by atoms with Gasteiger partial charge in [-0.2, -0.15) is 0 Å². The minimum atomic E-state index is -2.48. The minimum Gasteiger partial charge on any atom is -0.348 e. The number of aromatic amines is 2. The number of nitrogens with zero attached hydrogens (tertiary/aromatic N) is 6. The van der Waals surface area contributed by atoms with Crippen molar-refractivity contribution in [3.05, 3.63) is 106 Å². The number of aryl methyl sites for hydroxylation is 4. The van der Waals surface area contributed by atoms with Crippen molar-refractivity contribution in [2.24, 2.45) is 14.0 Å². The summed E-state index contributed by atoms with van der Waals surface area (Å²) in [5.74, 6) is -0.757. The number of hydrogen-bond acceptors (Lipinski definition) is 4. The minimum absolute atomic E-state index is 0. The largest absolute Gasteiger partial charge is 0.348 e. The van der Waals surface area contributed by atoms with Crippen LogP contribution in [0, 0.1) is 13.7 Å². The summed E-state index contributed by atoms with van der Waals surface area (Å²) in [4.78, 5) is 42.1. The maximum absolute atomic E-state index is 13.2. The van der Waals surface area contributed by atoms with Crippen molar-refractivity contribution in [3.63, 3.8) is 0 Å². The predicted octanol–water partition coefficient (Wildman–Crippen LogP) is 5.24. The number of aromatic nitrogens is 6. The first kappa shape index (κ1) is 17.6. The van der Waals surface area contributed by atoms with E-state index in [9.17, 15) is 9.59 Å². The number of carbonyl (C=O) groups excluding carboxylic acids is 2. The first-order valence-corrected chi connectivity index (χ1v) is 13.9. The quantitative estimate of drug-likeness (QED) is 0.275. The highest BCUT2D eigenvalue weighted by Gasteiger charge is 2.31. The average molecular weight is 639 g/mol. The van der Waals surface area contributed by atoms with Crippen LogP contribution in [0.4, 0.5) is 0 Å². The van der Waals surface area contributed by atoms with Crippen LogP contribution in [0.15, 0.2) is 61.1 Å². The fourth-order valence-corrected chi connectivity index (χ4v) is 5.99. The number of rotatable bonds is 4. The molecule has 45 heavy (non-hydrogen) atoms. The standard InChI is InChI=1S/2C17H18N4O.ClH/c2*1-11-13(19-10-18-11)9-21-8-7-15-16(17(21)22)12-5-3-4-6-14(12)20(15)2;/h2*3-6,10H,7-9H2,1-2H3,(H,18,19);1H/i2*1D3,2D3,10D;. The topological polar surface area (TPSA) is 108 Å². The van der Waals surface area contributed by atoms with Crippen LogP contribution in [-0.4, -0.2) is 63.8 Å². The zero-order valence-corrected chi connectivity index (χ0v) is 24.6. The van der Waals surface area contributed by atoms with Crippen molar-refractivity contribution >= 4 is 46.0 Å². The Labute approximate surface area is 287 Å². The van der Waals surface area contributed by atoms with Crippen molar-refractivity contribution in [1.29, 1.82) is 0 Å². The molecule has 2 N–H and O–H groups in total. The highest BCUT2D eigenvalue weighted by Crippen LogP contribution is 2.32. The molecule has 2 amide bonds. The van der Waals surface area contributed by atoms with Gasteiger partial charge in [0.1, 0.15) is 2.74 Å². The molecule has 10 nitrogen and oxygen atoms in total. The number of imidazole rings is 2. The van der Waals surface area contributed by atoms with Crippen LogP contribution in [0.2, 0.25) is 0 Å². The Morgan fingerprint density at radius 2 is 1.18 bits per heavy atom. The van der Waals surface area contributed by atoms with E-state index in [0.717, 1.165) is 0 Å². The van der Waals surface area contributed by atoms with Gasteiger partial charge in [-0.1, -0.05) is 36.4 Å². The van der Waals surface area contributed by atoms with Crippen molar-refractivity contribution in [2.75, 3.05) is 13.1 Å². The van der Waals surface area contributed by atoms with Crippen LogP contribution < -0.4 is 0 Å². The molecular formula is C34H37ClN8O2. The average Bonchev–Trinajstić information content (AvgIpc) is 3.87. The van der Waals surface area contributed by atoms with E-state index in [1.165, 1.54) is 18.9 Å². The number of amides is 2. The summed E-state index contributed by atoms with van der Waals surface area (Å²) < 4.78 is 111. The van der Waals surface area contributed by atoms with E-state index in [-0.39, 0.29) is 85.8 Å². The van der Waals surface area contributed by atoms with Crippen molar-refractivity contribution in [2.45, 2.75) is 39.6 Å². The lowest BCUT2D eigenvalue weighted by Crippen LogP contribution is -2.37. The smallest absolute Gasteiger partial charge is 0.256 e. The Hall–Kier alpha value is -4.83. The summed E-state index contributed by atoms with van der Waals surface area (Å²) in [6.07, 6.45) is 0.0655. The molecule has 0 radical (unpaired) electrons. The monoisotopic (exact) mass is 638 g/mol. The first-order chi connectivity index (χ1) is 27.0. The molecule has 11 heteroatoms. The normalized spacial score (nSPS) is 20.0. The number of fused-ring (bicyclic) bond motifs is 6. The summed E-state index contributed by atoms with van der Waals surface area (Å²) in [7, 11) is 0. The second-order valence-electron chi connectivity index (χ2n) is 10.6. The van der Waals surface area contributed by atoms with Gasteiger partial charge in [0.05, 0.1) is 48.2 Å². The molecule has 232 valence electrons. The molecule has 4 aromatic heterocycles. The van der Waals surface area contributed by atoms with E-state index < -0.39 is 27.7 Å². The summed E-state index contributed by atoms with van der Waals surface area (Å²) in [5.41, 5.74) is 2.38. The molecule has 0 saturated carbocycles. The van der Waals surface area contributed by atoms with Gasteiger partial charge >= 0.3 is 0 Å². The van der Waals surface area contributed by atoms with Crippen molar-refractivity contribution in [3.8, 4) is 0 Å². The highest BCUT2D eigenvalue weighted by atomic mass is 35.5. The molecule has 0 spiro atoms. The Kier molecular flexibility index (Phi) is 4.67. The van der Waals surface area contributed by atoms with E-state index in [0.29, 0.717) is 57.2 Å². The Bertz CT molecular complexity index is 2400. The lowest BCUT2D eigenvalue weighted by atomic mass is 10.0. The van der Waals surface area contributed by atoms with Gasteiger partial charge < -0.3 is 28.9 Å². The summed E-state index contributed by atoms with van der Waals surface area (Å²) in [5, 5.41) is 1.10. The predicted molar refractivity (Wildman–Crippen MR) is 177 cm³/mol. The van der Waals surface area contributed by atoms with Gasteiger partial charge in [0, 0.05) is 101 Å². The van der Waals surface area contributed by atoms with Crippen LogP contribution in [-0.2, 0) is 39.9 Å². The van der Waals surface area contributed by atoms with Gasteiger partial charge in [-0.3, -0.25) is 9.59 Å². The molecule has 2 aliphatic rings. The number of carbonyl (C=O) groups is 2. The Balaban J connectivity index is 0.000000195. The van der Waals surface area contributed by atoms with Crippen LogP contribution in [0.3, 0.4) is 0 Å². The third kappa shape index (κ3) is 5.08.